The fourth-order valence-corrected chi connectivity index (χ4v) is 3.60. The molecule has 1 saturated heterocycles. The van der Waals surface area contributed by atoms with Crippen LogP contribution in [0.4, 0.5) is 5.95 Å². The lowest BCUT2D eigenvalue weighted by atomic mass is 9.96. The number of ether oxygens (including phenoxy) is 1. The van der Waals surface area contributed by atoms with E-state index >= 15 is 0 Å². The quantitative estimate of drug-likeness (QED) is 0.712. The van der Waals surface area contributed by atoms with E-state index in [2.05, 4.69) is 34.3 Å². The molecular weight excluding hydrogens is 368 g/mol. The molecule has 0 radical (unpaired) electrons. The van der Waals surface area contributed by atoms with Crippen LogP contribution in [0.25, 0.3) is 0 Å². The van der Waals surface area contributed by atoms with Gasteiger partial charge in [0.05, 0.1) is 13.2 Å². The van der Waals surface area contributed by atoms with Gasteiger partial charge in [0.1, 0.15) is 0 Å². The highest BCUT2D eigenvalue weighted by atomic mass is 16.5. The zero-order chi connectivity index (χ0) is 20.6. The van der Waals surface area contributed by atoms with Crippen LogP contribution in [-0.4, -0.2) is 48.7 Å². The molecule has 1 atom stereocenters. The lowest BCUT2D eigenvalue weighted by Gasteiger charge is -2.27. The maximum absolute atomic E-state index is 12.5. The summed E-state index contributed by atoms with van der Waals surface area (Å²) in [5.74, 6) is 0.827. The van der Waals surface area contributed by atoms with Crippen molar-refractivity contribution in [2.75, 3.05) is 37.7 Å². The van der Waals surface area contributed by atoms with Gasteiger partial charge < -0.3 is 15.0 Å². The molecule has 1 amide bonds. The number of aromatic nitrogens is 2. The Hall–Kier alpha value is -2.67. The number of hydrogen-bond donors (Lipinski definition) is 2. The molecule has 7 heteroatoms. The van der Waals surface area contributed by atoms with Crippen LogP contribution in [0, 0.1) is 6.92 Å². The minimum atomic E-state index is -0.164. The van der Waals surface area contributed by atoms with Gasteiger partial charge in [-0.1, -0.05) is 37.3 Å². The summed E-state index contributed by atoms with van der Waals surface area (Å²) in [7, 11) is 0. The first-order valence-corrected chi connectivity index (χ1v) is 10.3. The Kier molecular flexibility index (Phi) is 7.41. The number of nitrogens with zero attached hydrogens (tertiary/aromatic N) is 2. The SMILES string of the molecule is CCC(CNC(=O)CCc1c(C)nc(N2CCOCC2)[nH]c1=O)c1ccccc1. The molecule has 1 aliphatic rings. The third-order valence-corrected chi connectivity index (χ3v) is 5.43. The number of aryl methyl sites for hydroxylation is 1. The van der Waals surface area contributed by atoms with Gasteiger partial charge in [-0.15, -0.1) is 0 Å². The Morgan fingerprint density at radius 3 is 2.66 bits per heavy atom. The second-order valence-corrected chi connectivity index (χ2v) is 7.37. The van der Waals surface area contributed by atoms with Crippen LogP contribution in [0.5, 0.6) is 0 Å². The number of carbonyl (C=O) groups excluding carboxylic acids is 1. The van der Waals surface area contributed by atoms with Gasteiger partial charge in [0.2, 0.25) is 11.9 Å². The van der Waals surface area contributed by atoms with Crippen molar-refractivity contribution in [3.05, 3.63) is 57.5 Å². The lowest BCUT2D eigenvalue weighted by Crippen LogP contribution is -2.38. The molecule has 1 aliphatic heterocycles. The van der Waals surface area contributed by atoms with Crippen molar-refractivity contribution in [1.82, 2.24) is 15.3 Å². The van der Waals surface area contributed by atoms with E-state index in [0.29, 0.717) is 62.4 Å². The number of hydrogen-bond acceptors (Lipinski definition) is 5. The molecule has 29 heavy (non-hydrogen) atoms. The molecule has 2 heterocycles. The normalized spacial score (nSPS) is 15.2. The van der Waals surface area contributed by atoms with E-state index in [1.165, 1.54) is 5.56 Å². The van der Waals surface area contributed by atoms with E-state index in [9.17, 15) is 9.59 Å². The summed E-state index contributed by atoms with van der Waals surface area (Å²) in [4.78, 5) is 34.3. The van der Waals surface area contributed by atoms with Gasteiger partial charge in [0.25, 0.3) is 5.56 Å². The molecule has 156 valence electrons. The van der Waals surface area contributed by atoms with Crippen LogP contribution in [-0.2, 0) is 16.0 Å². The minimum absolute atomic E-state index is 0.0459. The van der Waals surface area contributed by atoms with Crippen molar-refractivity contribution in [3.63, 3.8) is 0 Å². The maximum Gasteiger partial charge on any atom is 0.255 e. The number of amides is 1. The molecule has 0 aliphatic carbocycles. The standard InChI is InChI=1S/C22H30N4O3/c1-3-17(18-7-5-4-6-8-18)15-23-20(27)10-9-19-16(2)24-22(25-21(19)28)26-11-13-29-14-12-26/h4-8,17H,3,9-15H2,1-2H3,(H,23,27)(H,24,25,28). The van der Waals surface area contributed by atoms with E-state index in [1.54, 1.807) is 0 Å². The van der Waals surface area contributed by atoms with Gasteiger partial charge >= 0.3 is 0 Å². The van der Waals surface area contributed by atoms with E-state index in [-0.39, 0.29) is 17.9 Å². The summed E-state index contributed by atoms with van der Waals surface area (Å²) in [6, 6.07) is 10.2. The Balaban J connectivity index is 1.55. The Morgan fingerprint density at radius 2 is 2.00 bits per heavy atom. The van der Waals surface area contributed by atoms with Gasteiger partial charge in [0, 0.05) is 43.2 Å². The predicted octanol–water partition coefficient (Wildman–Crippen LogP) is 2.16. The number of anilines is 1. The van der Waals surface area contributed by atoms with Crippen LogP contribution in [0.3, 0.4) is 0 Å². The number of benzene rings is 1. The lowest BCUT2D eigenvalue weighted by molar-refractivity contribution is -0.121. The van der Waals surface area contributed by atoms with Crippen LogP contribution < -0.4 is 15.8 Å². The first-order valence-electron chi connectivity index (χ1n) is 10.3. The predicted molar refractivity (Wildman–Crippen MR) is 113 cm³/mol. The molecule has 0 bridgehead atoms. The Labute approximate surface area is 171 Å². The van der Waals surface area contributed by atoms with Gasteiger partial charge in [0.15, 0.2) is 0 Å². The molecule has 1 fully saturated rings. The highest BCUT2D eigenvalue weighted by Gasteiger charge is 2.17. The summed E-state index contributed by atoms with van der Waals surface area (Å²) in [6.07, 6.45) is 1.61. The molecule has 1 aromatic carbocycles. The minimum Gasteiger partial charge on any atom is -0.378 e. The molecule has 2 N–H and O–H groups in total. The molecule has 3 rings (SSSR count). The van der Waals surface area contributed by atoms with Crippen LogP contribution >= 0.6 is 0 Å². The first kappa shape index (κ1) is 21.0. The zero-order valence-electron chi connectivity index (χ0n) is 17.2. The third kappa shape index (κ3) is 5.67. The summed E-state index contributed by atoms with van der Waals surface area (Å²) in [5.41, 5.74) is 2.32. The zero-order valence-corrected chi connectivity index (χ0v) is 17.2. The van der Waals surface area contributed by atoms with E-state index in [0.717, 1.165) is 6.42 Å². The van der Waals surface area contributed by atoms with Crippen molar-refractivity contribution in [2.45, 2.75) is 39.0 Å². The topological polar surface area (TPSA) is 87.3 Å². The smallest absolute Gasteiger partial charge is 0.255 e. The number of nitrogens with one attached hydrogen (secondary N) is 2. The first-order chi connectivity index (χ1) is 14.1. The molecule has 0 saturated carbocycles. The summed E-state index contributed by atoms with van der Waals surface area (Å²) in [6.45, 7) is 7.24. The van der Waals surface area contributed by atoms with Crippen LogP contribution in [0.1, 0.15) is 42.5 Å². The van der Waals surface area contributed by atoms with Gasteiger partial charge in [-0.3, -0.25) is 14.6 Å². The van der Waals surface area contributed by atoms with E-state index in [4.69, 9.17) is 4.74 Å². The second-order valence-electron chi connectivity index (χ2n) is 7.37. The van der Waals surface area contributed by atoms with Crippen molar-refractivity contribution < 1.29 is 9.53 Å². The highest BCUT2D eigenvalue weighted by Crippen LogP contribution is 2.18. The molecule has 7 nitrogen and oxygen atoms in total. The highest BCUT2D eigenvalue weighted by molar-refractivity contribution is 5.76. The average Bonchev–Trinajstić information content (AvgIpc) is 2.75. The molecular formula is C22H30N4O3. The molecule has 1 aromatic heterocycles. The number of carbonyl (C=O) groups is 1. The van der Waals surface area contributed by atoms with Crippen molar-refractivity contribution in [2.24, 2.45) is 0 Å². The average molecular weight is 399 g/mol. The Morgan fingerprint density at radius 1 is 1.28 bits per heavy atom. The molecule has 1 unspecified atom stereocenters. The molecule has 2 aromatic rings. The largest absolute Gasteiger partial charge is 0.378 e. The van der Waals surface area contributed by atoms with Crippen LogP contribution in [0.15, 0.2) is 35.1 Å². The summed E-state index contributed by atoms with van der Waals surface area (Å²) < 4.78 is 5.34. The van der Waals surface area contributed by atoms with E-state index in [1.807, 2.05) is 30.0 Å². The van der Waals surface area contributed by atoms with Crippen molar-refractivity contribution >= 4 is 11.9 Å². The monoisotopic (exact) mass is 398 g/mol. The summed E-state index contributed by atoms with van der Waals surface area (Å²) in [5, 5.41) is 3.01. The van der Waals surface area contributed by atoms with Gasteiger partial charge in [-0.05, 0) is 25.3 Å². The van der Waals surface area contributed by atoms with Gasteiger partial charge in [-0.2, -0.15) is 0 Å². The number of H-pyrrole nitrogens is 1. The third-order valence-electron chi connectivity index (χ3n) is 5.43. The number of rotatable bonds is 8. The number of morpholine rings is 1. The van der Waals surface area contributed by atoms with Crippen molar-refractivity contribution in [1.29, 1.82) is 0 Å². The van der Waals surface area contributed by atoms with Gasteiger partial charge in [-0.25, -0.2) is 4.98 Å². The Bertz CT molecular complexity index is 860. The maximum atomic E-state index is 12.5. The molecule has 0 spiro atoms. The fraction of sp³-hybridized carbons (Fsp3) is 0.500. The second kappa shape index (κ2) is 10.2. The number of aromatic amines is 1. The van der Waals surface area contributed by atoms with E-state index < -0.39 is 0 Å². The van der Waals surface area contributed by atoms with Crippen LogP contribution in [0.2, 0.25) is 0 Å². The summed E-state index contributed by atoms with van der Waals surface area (Å²) >= 11 is 0. The van der Waals surface area contributed by atoms with Crippen molar-refractivity contribution in [3.8, 4) is 0 Å². The fourth-order valence-electron chi connectivity index (χ4n) is 3.60.